The number of fused-ring (bicyclic) bond motifs is 1. The van der Waals surface area contributed by atoms with Gasteiger partial charge in [-0.2, -0.15) is 0 Å². The quantitative estimate of drug-likeness (QED) is 0.431. The van der Waals surface area contributed by atoms with Crippen molar-refractivity contribution in [1.82, 2.24) is 4.98 Å². The molecule has 0 bridgehead atoms. The number of ether oxygens (including phenoxy) is 1. The van der Waals surface area contributed by atoms with Crippen LogP contribution in [0.4, 0.5) is 10.8 Å². The summed E-state index contributed by atoms with van der Waals surface area (Å²) in [7, 11) is -1.98. The second-order valence-electron chi connectivity index (χ2n) is 6.73. The first-order chi connectivity index (χ1) is 14.1. The van der Waals surface area contributed by atoms with E-state index in [9.17, 15) is 23.3 Å². The standard InChI is InChI=1S/C19H19N3O6S2/c1-11(2)30(26,27)14-6-4-12(5-7-14)8-17(23)20-19-21-18-15(28-3)9-13(22(24)25)10-16(18)29-19/h4-7,9-11H,8H2,1-3H3,(H,20,21,23). The molecule has 3 aromatic rings. The summed E-state index contributed by atoms with van der Waals surface area (Å²) >= 11 is 1.10. The number of anilines is 1. The minimum absolute atomic E-state index is 0.0230. The number of nitro groups is 1. The number of carbonyl (C=O) groups excluding carboxylic acids is 1. The molecule has 0 radical (unpaired) electrons. The molecule has 9 nitrogen and oxygen atoms in total. The number of thiazole rings is 1. The van der Waals surface area contributed by atoms with E-state index in [0.29, 0.717) is 15.8 Å². The Morgan fingerprint density at radius 2 is 1.93 bits per heavy atom. The van der Waals surface area contributed by atoms with Crippen LogP contribution in [0.15, 0.2) is 41.3 Å². The first kappa shape index (κ1) is 21.7. The lowest BCUT2D eigenvalue weighted by atomic mass is 10.1. The van der Waals surface area contributed by atoms with E-state index in [1.807, 2.05) is 0 Å². The summed E-state index contributed by atoms with van der Waals surface area (Å²) < 4.78 is 30.0. The van der Waals surface area contributed by atoms with Crippen LogP contribution >= 0.6 is 11.3 Å². The van der Waals surface area contributed by atoms with E-state index in [1.165, 1.54) is 31.4 Å². The van der Waals surface area contributed by atoms with Gasteiger partial charge in [0.15, 0.2) is 20.7 Å². The van der Waals surface area contributed by atoms with Gasteiger partial charge in [0.2, 0.25) is 5.91 Å². The predicted molar refractivity (Wildman–Crippen MR) is 114 cm³/mol. The van der Waals surface area contributed by atoms with Crippen molar-refractivity contribution >= 4 is 48.1 Å². The largest absolute Gasteiger partial charge is 0.494 e. The Bertz CT molecular complexity index is 1220. The fourth-order valence-corrected chi connectivity index (χ4v) is 4.71. The Balaban J connectivity index is 1.76. The predicted octanol–water partition coefficient (Wildman–Crippen LogP) is 3.58. The minimum atomic E-state index is -3.37. The molecule has 30 heavy (non-hydrogen) atoms. The van der Waals surface area contributed by atoms with Crippen LogP contribution in [0.1, 0.15) is 19.4 Å². The zero-order valence-corrected chi connectivity index (χ0v) is 18.0. The summed E-state index contributed by atoms with van der Waals surface area (Å²) in [5, 5.41) is 13.5. The first-order valence-corrected chi connectivity index (χ1v) is 11.2. The smallest absolute Gasteiger partial charge is 0.274 e. The molecular weight excluding hydrogens is 430 g/mol. The summed E-state index contributed by atoms with van der Waals surface area (Å²) in [4.78, 5) is 27.4. The maximum Gasteiger partial charge on any atom is 0.274 e. The number of nitrogens with zero attached hydrogens (tertiary/aromatic N) is 2. The van der Waals surface area contributed by atoms with Crippen molar-refractivity contribution in [3.05, 3.63) is 52.1 Å². The van der Waals surface area contributed by atoms with Crippen LogP contribution in [0.5, 0.6) is 5.75 Å². The van der Waals surface area contributed by atoms with Crippen LogP contribution in [-0.2, 0) is 21.1 Å². The molecule has 0 unspecified atom stereocenters. The number of aromatic nitrogens is 1. The monoisotopic (exact) mass is 449 g/mol. The lowest BCUT2D eigenvalue weighted by Gasteiger charge is -2.08. The highest BCUT2D eigenvalue weighted by Crippen LogP contribution is 2.36. The molecule has 0 atom stereocenters. The molecule has 0 saturated carbocycles. The number of amides is 1. The molecule has 0 aliphatic heterocycles. The van der Waals surface area contributed by atoms with Crippen LogP contribution < -0.4 is 10.1 Å². The Kier molecular flexibility index (Phi) is 6.04. The average molecular weight is 450 g/mol. The molecule has 0 saturated heterocycles. The summed E-state index contributed by atoms with van der Waals surface area (Å²) in [5.74, 6) is -0.0973. The second kappa shape index (κ2) is 8.36. The summed E-state index contributed by atoms with van der Waals surface area (Å²) in [6.45, 7) is 3.22. The Hall–Kier alpha value is -3.05. The van der Waals surface area contributed by atoms with Crippen molar-refractivity contribution in [2.75, 3.05) is 12.4 Å². The van der Waals surface area contributed by atoms with Crippen molar-refractivity contribution in [2.45, 2.75) is 30.4 Å². The molecule has 2 aromatic carbocycles. The van der Waals surface area contributed by atoms with E-state index < -0.39 is 20.0 Å². The van der Waals surface area contributed by atoms with Crippen LogP contribution in [0.3, 0.4) is 0 Å². The topological polar surface area (TPSA) is 128 Å². The number of nitro benzene ring substituents is 1. The molecule has 0 aliphatic carbocycles. The maximum atomic E-state index is 12.4. The zero-order valence-electron chi connectivity index (χ0n) is 16.4. The van der Waals surface area contributed by atoms with Gasteiger partial charge < -0.3 is 10.1 Å². The Labute approximate surface area is 176 Å². The van der Waals surface area contributed by atoms with Gasteiger partial charge in [0.05, 0.1) is 39.4 Å². The molecule has 3 rings (SSSR count). The molecule has 11 heteroatoms. The molecule has 158 valence electrons. The van der Waals surface area contributed by atoms with Crippen LogP contribution in [0.2, 0.25) is 0 Å². The second-order valence-corrected chi connectivity index (χ2v) is 10.3. The highest BCUT2D eigenvalue weighted by molar-refractivity contribution is 7.92. The van der Waals surface area contributed by atoms with Crippen LogP contribution in [-0.4, -0.2) is 36.6 Å². The van der Waals surface area contributed by atoms with E-state index in [0.717, 1.165) is 11.3 Å². The maximum absolute atomic E-state index is 12.4. The number of benzene rings is 2. The van der Waals surface area contributed by atoms with Crippen LogP contribution in [0.25, 0.3) is 10.2 Å². The number of hydrogen-bond donors (Lipinski definition) is 1. The summed E-state index contributed by atoms with van der Waals surface area (Å²) in [6.07, 6.45) is 0.0230. The van der Waals surface area contributed by atoms with Crippen molar-refractivity contribution < 1.29 is 22.9 Å². The van der Waals surface area contributed by atoms with Gasteiger partial charge in [-0.25, -0.2) is 13.4 Å². The van der Waals surface area contributed by atoms with E-state index in [4.69, 9.17) is 4.74 Å². The van der Waals surface area contributed by atoms with Gasteiger partial charge in [0.25, 0.3) is 5.69 Å². The van der Waals surface area contributed by atoms with E-state index >= 15 is 0 Å². The number of sulfone groups is 1. The fraction of sp³-hybridized carbons (Fsp3) is 0.263. The normalized spacial score (nSPS) is 11.6. The zero-order chi connectivity index (χ0) is 22.1. The number of non-ortho nitro benzene ring substituents is 1. The van der Waals surface area contributed by atoms with Gasteiger partial charge in [-0.05, 0) is 31.5 Å². The molecular formula is C19H19N3O6S2. The van der Waals surface area contributed by atoms with Gasteiger partial charge in [-0.15, -0.1) is 0 Å². The molecule has 1 amide bonds. The number of nitrogens with one attached hydrogen (secondary N) is 1. The van der Waals surface area contributed by atoms with Gasteiger partial charge in [0, 0.05) is 6.07 Å². The van der Waals surface area contributed by atoms with Crippen molar-refractivity contribution in [2.24, 2.45) is 0 Å². The fourth-order valence-electron chi connectivity index (χ4n) is 2.72. The first-order valence-electron chi connectivity index (χ1n) is 8.87. The molecule has 1 heterocycles. The molecule has 0 fully saturated rings. The van der Waals surface area contributed by atoms with Gasteiger partial charge in [0.1, 0.15) is 5.52 Å². The number of methoxy groups -OCH3 is 1. The lowest BCUT2D eigenvalue weighted by molar-refractivity contribution is -0.384. The SMILES string of the molecule is COc1cc([N+](=O)[O-])cc2sc(NC(=O)Cc3ccc(S(=O)(=O)C(C)C)cc3)nc12. The summed E-state index contributed by atoms with van der Waals surface area (Å²) in [5.41, 5.74) is 0.938. The number of hydrogen-bond acceptors (Lipinski definition) is 8. The van der Waals surface area contributed by atoms with E-state index in [2.05, 4.69) is 10.3 Å². The van der Waals surface area contributed by atoms with E-state index in [-0.39, 0.29) is 33.8 Å². The summed E-state index contributed by atoms with van der Waals surface area (Å²) in [6, 6.07) is 8.82. The minimum Gasteiger partial charge on any atom is -0.494 e. The molecule has 1 aromatic heterocycles. The number of carbonyl (C=O) groups is 1. The van der Waals surface area contributed by atoms with Crippen LogP contribution in [0, 0.1) is 10.1 Å². The lowest BCUT2D eigenvalue weighted by Crippen LogP contribution is -2.15. The number of rotatable bonds is 7. The highest BCUT2D eigenvalue weighted by Gasteiger charge is 2.20. The third-order valence-corrected chi connectivity index (χ3v) is 7.45. The van der Waals surface area contributed by atoms with Crippen molar-refractivity contribution in [1.29, 1.82) is 0 Å². The molecule has 0 spiro atoms. The Morgan fingerprint density at radius 3 is 2.50 bits per heavy atom. The van der Waals surface area contributed by atoms with E-state index in [1.54, 1.807) is 26.0 Å². The average Bonchev–Trinajstić information content (AvgIpc) is 3.09. The third-order valence-electron chi connectivity index (χ3n) is 4.36. The van der Waals surface area contributed by atoms with Crippen molar-refractivity contribution in [3.8, 4) is 5.75 Å². The Morgan fingerprint density at radius 1 is 1.27 bits per heavy atom. The van der Waals surface area contributed by atoms with Crippen molar-refractivity contribution in [3.63, 3.8) is 0 Å². The third kappa shape index (κ3) is 4.41. The molecule has 1 N–H and O–H groups in total. The molecule has 0 aliphatic rings. The highest BCUT2D eigenvalue weighted by atomic mass is 32.2. The van der Waals surface area contributed by atoms with Gasteiger partial charge in [-0.3, -0.25) is 14.9 Å². The van der Waals surface area contributed by atoms with Gasteiger partial charge >= 0.3 is 0 Å². The van der Waals surface area contributed by atoms with Gasteiger partial charge in [-0.1, -0.05) is 23.5 Å².